The van der Waals surface area contributed by atoms with Gasteiger partial charge < -0.3 is 20.5 Å². The van der Waals surface area contributed by atoms with Crippen LogP contribution in [0.4, 0.5) is 0 Å². The number of hydrogen-bond acceptors (Lipinski definition) is 5. The van der Waals surface area contributed by atoms with Gasteiger partial charge in [-0.1, -0.05) is 72.8 Å². The van der Waals surface area contributed by atoms with Crippen LogP contribution in [0.2, 0.25) is 0 Å². The van der Waals surface area contributed by atoms with Crippen LogP contribution in [0.15, 0.2) is 86.0 Å². The zero-order chi connectivity index (χ0) is 29.4. The molecule has 0 heterocycles. The summed E-state index contributed by atoms with van der Waals surface area (Å²) in [6, 6.07) is 18.9. The standard InChI is InChI=1S/C33H44N2O5/c1-5-7-19-28(20-25-15-10-8-11-16-25)32(39)40-24-33(3,4)35-31(38)27(14-6-2)22-30(37)34-29(23-36)21-26-17-12-9-13-18-26/h5-6,8-13,15-18,27-29,36H,1-2,7,14,19-24H2,3-4H3,(H,34,37)(H,35,38)/t27-,28-,29-/m1/s1. The van der Waals surface area contributed by atoms with Crippen molar-refractivity contribution in [2.24, 2.45) is 11.8 Å². The minimum atomic E-state index is -0.848. The first-order chi connectivity index (χ1) is 19.2. The maximum atomic E-state index is 13.2. The third-order valence-corrected chi connectivity index (χ3v) is 6.58. The SMILES string of the molecule is C=CCC[C@H](Cc1ccccc1)C(=O)OCC(C)(C)NC(=O)[C@H](CC=C)CC(=O)N[C@@H](CO)Cc1ccccc1. The highest BCUT2D eigenvalue weighted by Crippen LogP contribution is 2.19. The molecule has 0 fully saturated rings. The van der Waals surface area contributed by atoms with Gasteiger partial charge in [-0.3, -0.25) is 14.4 Å². The quantitative estimate of drug-likeness (QED) is 0.187. The average Bonchev–Trinajstić information content (AvgIpc) is 2.94. The number of hydrogen-bond donors (Lipinski definition) is 3. The highest BCUT2D eigenvalue weighted by molar-refractivity contribution is 5.86. The van der Waals surface area contributed by atoms with E-state index in [1.54, 1.807) is 26.0 Å². The molecule has 2 aromatic rings. The normalized spacial score (nSPS) is 13.4. The van der Waals surface area contributed by atoms with E-state index in [-0.39, 0.29) is 43.3 Å². The Morgan fingerprint density at radius 2 is 1.52 bits per heavy atom. The lowest BCUT2D eigenvalue weighted by Gasteiger charge is -2.29. The fourth-order valence-corrected chi connectivity index (χ4v) is 4.42. The van der Waals surface area contributed by atoms with Crippen molar-refractivity contribution in [3.63, 3.8) is 0 Å². The van der Waals surface area contributed by atoms with E-state index in [9.17, 15) is 19.5 Å². The summed E-state index contributed by atoms with van der Waals surface area (Å²) in [6.07, 6.45) is 6.01. The number of ether oxygens (including phenoxy) is 1. The Kier molecular flexibility index (Phi) is 13.9. The van der Waals surface area contributed by atoms with Crippen molar-refractivity contribution in [2.75, 3.05) is 13.2 Å². The molecule has 0 saturated carbocycles. The second-order valence-electron chi connectivity index (χ2n) is 10.8. The van der Waals surface area contributed by atoms with Crippen LogP contribution in [-0.2, 0) is 32.0 Å². The van der Waals surface area contributed by atoms with Crippen LogP contribution >= 0.6 is 0 Å². The molecule has 0 radical (unpaired) electrons. The molecule has 0 bridgehead atoms. The molecular weight excluding hydrogens is 504 g/mol. The second kappa shape index (κ2) is 17.1. The van der Waals surface area contributed by atoms with Crippen molar-refractivity contribution in [3.8, 4) is 0 Å². The highest BCUT2D eigenvalue weighted by Gasteiger charge is 2.30. The molecule has 0 aliphatic heterocycles. The molecule has 0 aliphatic carbocycles. The molecule has 216 valence electrons. The van der Waals surface area contributed by atoms with Crippen LogP contribution in [0.5, 0.6) is 0 Å². The van der Waals surface area contributed by atoms with Gasteiger partial charge in [0.05, 0.1) is 30.0 Å². The summed E-state index contributed by atoms with van der Waals surface area (Å²) in [4.78, 5) is 38.9. The smallest absolute Gasteiger partial charge is 0.309 e. The first-order valence-electron chi connectivity index (χ1n) is 13.9. The van der Waals surface area contributed by atoms with Crippen LogP contribution in [0.1, 0.15) is 50.7 Å². The number of rotatable bonds is 18. The summed E-state index contributed by atoms with van der Waals surface area (Å²) in [5.74, 6) is -1.94. The van der Waals surface area contributed by atoms with E-state index in [0.717, 1.165) is 11.1 Å². The predicted molar refractivity (Wildman–Crippen MR) is 158 cm³/mol. The molecule has 2 rings (SSSR count). The molecule has 2 aromatic carbocycles. The topological polar surface area (TPSA) is 105 Å². The molecular formula is C33H44N2O5. The molecule has 7 nitrogen and oxygen atoms in total. The summed E-state index contributed by atoms with van der Waals surface area (Å²) >= 11 is 0. The van der Waals surface area contributed by atoms with Crippen molar-refractivity contribution in [1.29, 1.82) is 0 Å². The summed E-state index contributed by atoms with van der Waals surface area (Å²) in [7, 11) is 0. The van der Waals surface area contributed by atoms with E-state index in [4.69, 9.17) is 4.74 Å². The zero-order valence-corrected chi connectivity index (χ0v) is 23.8. The summed E-state index contributed by atoms with van der Waals surface area (Å²) < 4.78 is 5.67. The first-order valence-corrected chi connectivity index (χ1v) is 13.9. The molecule has 0 aliphatic rings. The van der Waals surface area contributed by atoms with E-state index in [2.05, 4.69) is 23.8 Å². The van der Waals surface area contributed by atoms with Gasteiger partial charge in [0.2, 0.25) is 11.8 Å². The molecule has 3 atom stereocenters. The lowest BCUT2D eigenvalue weighted by Crippen LogP contribution is -2.50. The monoisotopic (exact) mass is 548 g/mol. The van der Waals surface area contributed by atoms with Gasteiger partial charge >= 0.3 is 5.97 Å². The Hall–Kier alpha value is -3.71. The van der Waals surface area contributed by atoms with Gasteiger partial charge in [0.25, 0.3) is 0 Å². The van der Waals surface area contributed by atoms with Crippen LogP contribution in [0.3, 0.4) is 0 Å². The first kappa shape index (κ1) is 32.5. The lowest BCUT2D eigenvalue weighted by atomic mass is 9.94. The Bertz CT molecular complexity index is 1080. The van der Waals surface area contributed by atoms with Gasteiger partial charge in [-0.25, -0.2) is 0 Å². The number of aliphatic hydroxyl groups is 1. The van der Waals surface area contributed by atoms with Crippen LogP contribution < -0.4 is 10.6 Å². The summed E-state index contributed by atoms with van der Waals surface area (Å²) in [5, 5.41) is 15.5. The number of allylic oxidation sites excluding steroid dienone is 2. The lowest BCUT2D eigenvalue weighted by molar-refractivity contribution is -0.151. The zero-order valence-electron chi connectivity index (χ0n) is 23.8. The number of benzene rings is 2. The fraction of sp³-hybridized carbons (Fsp3) is 0.424. The maximum Gasteiger partial charge on any atom is 0.309 e. The van der Waals surface area contributed by atoms with Crippen molar-refractivity contribution in [2.45, 2.75) is 64.0 Å². The molecule has 40 heavy (non-hydrogen) atoms. The molecule has 2 amide bonds. The number of nitrogens with one attached hydrogen (secondary N) is 2. The summed E-state index contributed by atoms with van der Waals surface area (Å²) in [5.41, 5.74) is 1.20. The maximum absolute atomic E-state index is 13.2. The minimum absolute atomic E-state index is 0.00633. The third-order valence-electron chi connectivity index (χ3n) is 6.58. The van der Waals surface area contributed by atoms with Crippen molar-refractivity contribution in [3.05, 3.63) is 97.1 Å². The van der Waals surface area contributed by atoms with Gasteiger partial charge in [0.1, 0.15) is 6.61 Å². The number of carbonyl (C=O) groups is 3. The molecule has 0 unspecified atom stereocenters. The Labute approximate surface area is 238 Å². The van der Waals surface area contributed by atoms with Crippen LogP contribution in [0.25, 0.3) is 0 Å². The van der Waals surface area contributed by atoms with Crippen molar-refractivity contribution < 1.29 is 24.2 Å². The molecule has 0 saturated heterocycles. The van der Waals surface area contributed by atoms with Crippen molar-refractivity contribution >= 4 is 17.8 Å². The highest BCUT2D eigenvalue weighted by atomic mass is 16.5. The van der Waals surface area contributed by atoms with Gasteiger partial charge in [0.15, 0.2) is 0 Å². The molecule has 0 aromatic heterocycles. The van der Waals surface area contributed by atoms with E-state index in [1.165, 1.54) is 0 Å². The number of amides is 2. The number of esters is 1. The summed E-state index contributed by atoms with van der Waals surface area (Å²) in [6.45, 7) is 10.8. The predicted octanol–water partition coefficient (Wildman–Crippen LogP) is 4.55. The molecule has 7 heteroatoms. The van der Waals surface area contributed by atoms with E-state index < -0.39 is 17.5 Å². The Morgan fingerprint density at radius 3 is 2.08 bits per heavy atom. The number of carbonyl (C=O) groups excluding carboxylic acids is 3. The van der Waals surface area contributed by atoms with Crippen LogP contribution in [0, 0.1) is 11.8 Å². The number of aliphatic hydroxyl groups excluding tert-OH is 1. The Morgan fingerprint density at radius 1 is 0.925 bits per heavy atom. The second-order valence-corrected chi connectivity index (χ2v) is 10.8. The van der Waals surface area contributed by atoms with E-state index >= 15 is 0 Å². The van der Waals surface area contributed by atoms with Gasteiger partial charge in [-0.2, -0.15) is 0 Å². The largest absolute Gasteiger partial charge is 0.463 e. The van der Waals surface area contributed by atoms with Crippen LogP contribution in [-0.4, -0.2) is 47.7 Å². The molecule has 0 spiro atoms. The van der Waals surface area contributed by atoms with E-state index in [0.29, 0.717) is 32.1 Å². The third kappa shape index (κ3) is 12.0. The molecule has 3 N–H and O–H groups in total. The fourth-order valence-electron chi connectivity index (χ4n) is 4.42. The van der Waals surface area contributed by atoms with Gasteiger partial charge in [-0.15, -0.1) is 13.2 Å². The van der Waals surface area contributed by atoms with Crippen molar-refractivity contribution in [1.82, 2.24) is 10.6 Å². The average molecular weight is 549 g/mol. The van der Waals surface area contributed by atoms with Gasteiger partial charge in [-0.05, 0) is 57.1 Å². The minimum Gasteiger partial charge on any atom is -0.463 e. The Balaban J connectivity index is 1.93. The van der Waals surface area contributed by atoms with E-state index in [1.807, 2.05) is 60.7 Å². The van der Waals surface area contributed by atoms with Gasteiger partial charge in [0, 0.05) is 6.42 Å².